The van der Waals surface area contributed by atoms with Crippen LogP contribution in [0.15, 0.2) is 69.9 Å². The van der Waals surface area contributed by atoms with Crippen molar-refractivity contribution in [3.05, 3.63) is 77.9 Å². The van der Waals surface area contributed by atoms with Crippen LogP contribution in [-0.4, -0.2) is 20.7 Å². The first-order valence-corrected chi connectivity index (χ1v) is 9.03. The maximum Gasteiger partial charge on any atom is 0.317 e. The smallest absolute Gasteiger partial charge is 0.317 e. The van der Waals surface area contributed by atoms with Crippen molar-refractivity contribution < 1.29 is 13.6 Å². The molecule has 0 saturated carbocycles. The van der Waals surface area contributed by atoms with Crippen molar-refractivity contribution in [2.75, 3.05) is 5.32 Å². The van der Waals surface area contributed by atoms with Gasteiger partial charge in [0.15, 0.2) is 11.5 Å². The average molecular weight is 376 g/mol. The molecule has 142 valence electrons. The molecular weight excluding hydrogens is 356 g/mol. The van der Waals surface area contributed by atoms with Gasteiger partial charge in [0.05, 0.1) is 12.5 Å². The lowest BCUT2D eigenvalue weighted by atomic mass is 10.0. The molecule has 3 heterocycles. The van der Waals surface area contributed by atoms with Crippen molar-refractivity contribution >= 4 is 11.9 Å². The molecule has 0 spiro atoms. The van der Waals surface area contributed by atoms with Gasteiger partial charge in [0.2, 0.25) is 11.8 Å². The van der Waals surface area contributed by atoms with Gasteiger partial charge in [0.25, 0.3) is 0 Å². The van der Waals surface area contributed by atoms with Crippen LogP contribution in [0.25, 0.3) is 11.6 Å². The molecule has 0 aliphatic heterocycles. The summed E-state index contributed by atoms with van der Waals surface area (Å²) in [7, 11) is 0. The van der Waals surface area contributed by atoms with Gasteiger partial charge in [-0.05, 0) is 41.3 Å². The second-order valence-electron chi connectivity index (χ2n) is 6.68. The number of nitrogens with zero attached hydrogens (tertiary/aromatic N) is 3. The fourth-order valence-electron chi connectivity index (χ4n) is 2.78. The molecule has 1 aromatic carbocycles. The summed E-state index contributed by atoms with van der Waals surface area (Å²) in [5.74, 6) is 1.37. The van der Waals surface area contributed by atoms with E-state index in [4.69, 9.17) is 8.83 Å². The van der Waals surface area contributed by atoms with Crippen LogP contribution in [0.3, 0.4) is 0 Å². The van der Waals surface area contributed by atoms with Crippen LogP contribution in [0.5, 0.6) is 0 Å². The monoisotopic (exact) mass is 376 g/mol. The van der Waals surface area contributed by atoms with E-state index in [1.165, 1.54) is 22.8 Å². The second kappa shape index (κ2) is 7.56. The lowest BCUT2D eigenvalue weighted by molar-refractivity contribution is 0.0919. The number of aromatic nitrogens is 3. The normalized spacial score (nSPS) is 11.1. The van der Waals surface area contributed by atoms with Crippen LogP contribution in [-0.2, 0) is 6.54 Å². The van der Waals surface area contributed by atoms with E-state index in [1.807, 2.05) is 0 Å². The van der Waals surface area contributed by atoms with Gasteiger partial charge in [0.1, 0.15) is 0 Å². The molecule has 28 heavy (non-hydrogen) atoms. The maximum absolute atomic E-state index is 12.7. The first-order chi connectivity index (χ1) is 13.6. The van der Waals surface area contributed by atoms with Gasteiger partial charge in [-0.1, -0.05) is 38.1 Å². The highest BCUT2D eigenvalue weighted by Crippen LogP contribution is 2.20. The van der Waals surface area contributed by atoms with Crippen LogP contribution >= 0.6 is 0 Å². The van der Waals surface area contributed by atoms with Crippen molar-refractivity contribution in [3.8, 4) is 11.6 Å². The number of hydrogen-bond acceptors (Lipinski definition) is 6. The lowest BCUT2D eigenvalue weighted by Gasteiger charge is -2.08. The number of benzene rings is 1. The highest BCUT2D eigenvalue weighted by atomic mass is 16.3. The summed E-state index contributed by atoms with van der Waals surface area (Å²) in [6.45, 7) is 4.82. The molecule has 3 aromatic heterocycles. The molecule has 0 saturated heterocycles. The van der Waals surface area contributed by atoms with Gasteiger partial charge >= 0.3 is 5.91 Å². The molecule has 7 heteroatoms. The van der Waals surface area contributed by atoms with E-state index in [0.717, 1.165) is 5.56 Å². The van der Waals surface area contributed by atoms with Gasteiger partial charge < -0.3 is 14.2 Å². The zero-order chi connectivity index (χ0) is 19.5. The van der Waals surface area contributed by atoms with Crippen LogP contribution in [0.4, 0.5) is 5.95 Å². The summed E-state index contributed by atoms with van der Waals surface area (Å²) in [5, 5.41) is 7.49. The summed E-state index contributed by atoms with van der Waals surface area (Å²) < 4.78 is 11.8. The van der Waals surface area contributed by atoms with Crippen LogP contribution in [0.2, 0.25) is 0 Å². The molecule has 1 N–H and O–H groups in total. The van der Waals surface area contributed by atoms with Gasteiger partial charge in [-0.2, -0.15) is 9.67 Å². The van der Waals surface area contributed by atoms with E-state index >= 15 is 0 Å². The Morgan fingerprint density at radius 2 is 1.82 bits per heavy atom. The number of rotatable bonds is 6. The number of nitrogens with one attached hydrogen (secondary N) is 1. The minimum Gasteiger partial charge on any atom is -0.461 e. The van der Waals surface area contributed by atoms with Crippen molar-refractivity contribution in [3.63, 3.8) is 0 Å². The predicted octanol–water partition coefficient (Wildman–Crippen LogP) is 4.56. The maximum atomic E-state index is 12.7. The topological polar surface area (TPSA) is 86.1 Å². The molecule has 0 radical (unpaired) electrons. The highest BCUT2D eigenvalue weighted by Gasteiger charge is 2.21. The minimum absolute atomic E-state index is 0.181. The SMILES string of the molecule is CC(C)c1ccc(CNc2nc(-c3ccco3)nn2C(=O)c2ccco2)cc1. The Morgan fingerprint density at radius 3 is 2.46 bits per heavy atom. The van der Waals surface area contributed by atoms with Gasteiger partial charge in [-0.25, -0.2) is 0 Å². The molecule has 0 aliphatic rings. The molecular formula is C21H20N4O3. The minimum atomic E-state index is -0.409. The van der Waals surface area contributed by atoms with Crippen molar-refractivity contribution in [1.82, 2.24) is 14.8 Å². The third-order valence-corrected chi connectivity index (χ3v) is 4.37. The fraction of sp³-hybridized carbons (Fsp3) is 0.190. The van der Waals surface area contributed by atoms with E-state index in [0.29, 0.717) is 30.0 Å². The number of carbonyl (C=O) groups excluding carboxylic acids is 1. The Labute approximate surface area is 162 Å². The van der Waals surface area contributed by atoms with Gasteiger partial charge in [0, 0.05) is 6.54 Å². The molecule has 4 aromatic rings. The molecule has 4 rings (SSSR count). The van der Waals surface area contributed by atoms with E-state index in [2.05, 4.69) is 53.5 Å². The van der Waals surface area contributed by atoms with E-state index in [9.17, 15) is 4.79 Å². The summed E-state index contributed by atoms with van der Waals surface area (Å²) in [5.41, 5.74) is 2.35. The predicted molar refractivity (Wildman–Crippen MR) is 104 cm³/mol. The van der Waals surface area contributed by atoms with Crippen molar-refractivity contribution in [2.24, 2.45) is 0 Å². The molecule has 0 amide bonds. The van der Waals surface area contributed by atoms with Crippen molar-refractivity contribution in [2.45, 2.75) is 26.3 Å². The summed E-state index contributed by atoms with van der Waals surface area (Å²) in [6, 6.07) is 15.1. The third kappa shape index (κ3) is 3.59. The highest BCUT2D eigenvalue weighted by molar-refractivity contribution is 5.94. The number of furan rings is 2. The molecule has 0 fully saturated rings. The van der Waals surface area contributed by atoms with Gasteiger partial charge in [-0.15, -0.1) is 5.10 Å². The Balaban J connectivity index is 1.60. The van der Waals surface area contributed by atoms with Gasteiger partial charge in [-0.3, -0.25) is 4.79 Å². The number of hydrogen-bond donors (Lipinski definition) is 1. The van der Waals surface area contributed by atoms with Crippen LogP contribution in [0.1, 0.15) is 41.4 Å². The summed E-state index contributed by atoms with van der Waals surface area (Å²) in [4.78, 5) is 17.2. The number of anilines is 1. The lowest BCUT2D eigenvalue weighted by Crippen LogP contribution is -2.17. The van der Waals surface area contributed by atoms with E-state index in [-0.39, 0.29) is 5.76 Å². The van der Waals surface area contributed by atoms with E-state index in [1.54, 1.807) is 24.3 Å². The van der Waals surface area contributed by atoms with Crippen molar-refractivity contribution in [1.29, 1.82) is 0 Å². The fourth-order valence-corrected chi connectivity index (χ4v) is 2.78. The Bertz CT molecular complexity index is 1050. The zero-order valence-corrected chi connectivity index (χ0v) is 15.6. The molecule has 0 aliphatic carbocycles. The Hall–Kier alpha value is -3.61. The largest absolute Gasteiger partial charge is 0.461 e. The molecule has 0 atom stereocenters. The summed E-state index contributed by atoms with van der Waals surface area (Å²) in [6.07, 6.45) is 2.98. The first kappa shape index (κ1) is 17.8. The van der Waals surface area contributed by atoms with Crippen LogP contribution in [0, 0.1) is 0 Å². The quantitative estimate of drug-likeness (QED) is 0.531. The second-order valence-corrected chi connectivity index (χ2v) is 6.68. The average Bonchev–Trinajstić information content (AvgIpc) is 3.47. The standard InChI is InChI=1S/C21H20N4O3/c1-14(2)16-9-7-15(8-10-16)13-22-21-23-19(17-5-3-11-27-17)24-25(21)20(26)18-6-4-12-28-18/h3-12,14H,13H2,1-2H3,(H,22,23,24). The molecule has 0 unspecified atom stereocenters. The van der Waals surface area contributed by atoms with E-state index < -0.39 is 5.91 Å². The zero-order valence-electron chi connectivity index (χ0n) is 15.6. The Kier molecular flexibility index (Phi) is 4.80. The molecule has 0 bridgehead atoms. The van der Waals surface area contributed by atoms with Crippen LogP contribution < -0.4 is 5.32 Å². The first-order valence-electron chi connectivity index (χ1n) is 9.03. The Morgan fingerprint density at radius 1 is 1.07 bits per heavy atom. The molecule has 7 nitrogen and oxygen atoms in total. The summed E-state index contributed by atoms with van der Waals surface area (Å²) >= 11 is 0. The number of carbonyl (C=O) groups is 1. The third-order valence-electron chi connectivity index (χ3n) is 4.37.